The second-order valence-electron chi connectivity index (χ2n) is 6.96. The highest BCUT2D eigenvalue weighted by atomic mass is 79.9. The van der Waals surface area contributed by atoms with Gasteiger partial charge in [0.05, 0.1) is 27.1 Å². The van der Waals surface area contributed by atoms with Crippen molar-refractivity contribution in [1.82, 2.24) is 0 Å². The van der Waals surface area contributed by atoms with E-state index in [2.05, 4.69) is 46.7 Å². The molecule has 2 aromatic rings. The van der Waals surface area contributed by atoms with E-state index < -0.39 is 6.03 Å². The molecule has 2 aromatic carbocycles. The molecule has 0 bridgehead atoms. The van der Waals surface area contributed by atoms with Crippen LogP contribution in [0.15, 0.2) is 45.3 Å². The van der Waals surface area contributed by atoms with Crippen molar-refractivity contribution in [1.29, 1.82) is 0 Å². The van der Waals surface area contributed by atoms with Crippen LogP contribution in [0, 0.1) is 13.8 Å². The molecule has 0 heterocycles. The van der Waals surface area contributed by atoms with Gasteiger partial charge in [-0.25, -0.2) is 4.79 Å². The third kappa shape index (κ3) is 10.3. The Balaban J connectivity index is 0.000000335. The van der Waals surface area contributed by atoms with Gasteiger partial charge in [-0.3, -0.25) is 14.5 Å². The summed E-state index contributed by atoms with van der Waals surface area (Å²) >= 11 is 6.74. The first kappa shape index (κ1) is 28.4. The highest BCUT2D eigenvalue weighted by Crippen LogP contribution is 2.24. The van der Waals surface area contributed by atoms with E-state index in [1.54, 1.807) is 6.07 Å². The molecule has 8 nitrogen and oxygen atoms in total. The van der Waals surface area contributed by atoms with E-state index in [1.165, 1.54) is 19.1 Å². The van der Waals surface area contributed by atoms with Crippen molar-refractivity contribution in [2.45, 2.75) is 26.7 Å². The molecule has 0 unspecified atom stereocenters. The van der Waals surface area contributed by atoms with E-state index in [4.69, 9.17) is 5.73 Å². The highest BCUT2D eigenvalue weighted by molar-refractivity contribution is 9.10. The summed E-state index contributed by atoms with van der Waals surface area (Å²) in [5.41, 5.74) is 9.10. The van der Waals surface area contributed by atoms with Crippen LogP contribution in [0.4, 0.5) is 16.2 Å². The Hall–Kier alpha value is -2.59. The maximum Gasteiger partial charge on any atom is 0.319 e. The molecule has 0 atom stereocenters. The minimum absolute atomic E-state index is 0.106. The number of nitrogens with zero attached hydrogens (tertiary/aromatic N) is 1. The molecule has 0 aromatic heterocycles. The number of amides is 2. The van der Waals surface area contributed by atoms with Crippen molar-refractivity contribution >= 4 is 61.2 Å². The van der Waals surface area contributed by atoms with Crippen molar-refractivity contribution in [3.8, 4) is 0 Å². The van der Waals surface area contributed by atoms with Gasteiger partial charge in [0.15, 0.2) is 0 Å². The summed E-state index contributed by atoms with van der Waals surface area (Å²) in [6.45, 7) is 4.68. The van der Waals surface area contributed by atoms with Crippen LogP contribution < -0.4 is 16.0 Å². The van der Waals surface area contributed by atoms with Crippen LogP contribution in [0.2, 0.25) is 0 Å². The lowest BCUT2D eigenvalue weighted by Gasteiger charge is -2.22. The number of benzene rings is 2. The zero-order chi connectivity index (χ0) is 25.0. The van der Waals surface area contributed by atoms with Crippen molar-refractivity contribution in [3.63, 3.8) is 0 Å². The predicted molar refractivity (Wildman–Crippen MR) is 136 cm³/mol. The van der Waals surface area contributed by atoms with E-state index in [-0.39, 0.29) is 24.9 Å². The van der Waals surface area contributed by atoms with Crippen LogP contribution in [-0.2, 0) is 19.1 Å². The normalized spacial score (nSPS) is 9.88. The minimum atomic E-state index is -0.593. The lowest BCUT2D eigenvalue weighted by atomic mass is 10.2. The van der Waals surface area contributed by atoms with Gasteiger partial charge in [0, 0.05) is 33.4 Å². The standard InChI is InChI=1S/C12H15BrN2O3.C11H14BrNO2/c1-8-7-9(13)3-4-10(8)15(12(14)17)6-5-11(16)18-2;1-8-7-9(12)3-4-10(8)13-6-5-11(14)15-2/h3-4,7H,5-6H2,1-2H3,(H2,14,17);3-4,7,13H,5-6H2,1-2H3. The van der Waals surface area contributed by atoms with E-state index in [9.17, 15) is 14.4 Å². The molecule has 0 saturated heterocycles. The quantitative estimate of drug-likeness (QED) is 0.424. The van der Waals surface area contributed by atoms with E-state index in [1.807, 2.05) is 44.2 Å². The number of aryl methyl sites for hydroxylation is 2. The van der Waals surface area contributed by atoms with Crippen LogP contribution in [0.5, 0.6) is 0 Å². The molecule has 0 aliphatic heterocycles. The second-order valence-corrected chi connectivity index (χ2v) is 8.79. The smallest absolute Gasteiger partial charge is 0.319 e. The van der Waals surface area contributed by atoms with E-state index in [0.29, 0.717) is 18.7 Å². The summed E-state index contributed by atoms with van der Waals surface area (Å²) in [7, 11) is 2.70. The number of methoxy groups -OCH3 is 2. The molecule has 2 rings (SSSR count). The molecule has 2 amide bonds. The lowest BCUT2D eigenvalue weighted by molar-refractivity contribution is -0.141. The maximum absolute atomic E-state index is 11.4. The fourth-order valence-corrected chi connectivity index (χ4v) is 3.75. The molecule has 33 heavy (non-hydrogen) atoms. The zero-order valence-electron chi connectivity index (χ0n) is 19.1. The SMILES string of the molecule is COC(=O)CCN(C(N)=O)c1ccc(Br)cc1C.COC(=O)CCNc1ccc(Br)cc1C. The first-order valence-electron chi connectivity index (χ1n) is 10.1. The lowest BCUT2D eigenvalue weighted by Crippen LogP contribution is -2.37. The molecule has 0 aliphatic carbocycles. The van der Waals surface area contributed by atoms with Crippen LogP contribution in [0.3, 0.4) is 0 Å². The maximum atomic E-state index is 11.4. The number of rotatable bonds is 8. The molecule has 180 valence electrons. The van der Waals surface area contributed by atoms with Crippen molar-refractivity contribution in [3.05, 3.63) is 56.5 Å². The molecule has 0 fully saturated rings. The van der Waals surface area contributed by atoms with Gasteiger partial charge in [-0.15, -0.1) is 0 Å². The number of hydrogen-bond donors (Lipinski definition) is 2. The largest absolute Gasteiger partial charge is 0.469 e. The molecular weight excluding hydrogens is 558 g/mol. The molecule has 0 radical (unpaired) electrons. The number of anilines is 2. The number of urea groups is 1. The van der Waals surface area contributed by atoms with Gasteiger partial charge < -0.3 is 20.5 Å². The summed E-state index contributed by atoms with van der Waals surface area (Å²) in [4.78, 5) is 34.8. The van der Waals surface area contributed by atoms with Gasteiger partial charge >= 0.3 is 18.0 Å². The molecule has 0 aliphatic rings. The Morgan fingerprint density at radius 3 is 1.97 bits per heavy atom. The number of carbonyl (C=O) groups is 3. The molecule has 0 spiro atoms. The zero-order valence-corrected chi connectivity index (χ0v) is 22.3. The highest BCUT2D eigenvalue weighted by Gasteiger charge is 2.16. The Morgan fingerprint density at radius 2 is 1.45 bits per heavy atom. The first-order valence-corrected chi connectivity index (χ1v) is 11.6. The fourth-order valence-electron chi connectivity index (χ4n) is 2.80. The summed E-state index contributed by atoms with van der Waals surface area (Å²) < 4.78 is 11.1. The van der Waals surface area contributed by atoms with Gasteiger partial charge in [0.25, 0.3) is 0 Å². The molecule has 10 heteroatoms. The summed E-state index contributed by atoms with van der Waals surface area (Å²) in [6.07, 6.45) is 0.487. The van der Waals surface area contributed by atoms with Crippen LogP contribution in [0.25, 0.3) is 0 Å². The number of nitrogens with two attached hydrogens (primary N) is 1. The van der Waals surface area contributed by atoms with Crippen molar-refractivity contribution < 1.29 is 23.9 Å². The monoisotopic (exact) mass is 585 g/mol. The number of hydrogen-bond acceptors (Lipinski definition) is 6. The van der Waals surface area contributed by atoms with Crippen molar-refractivity contribution in [2.75, 3.05) is 37.5 Å². The number of ether oxygens (including phenoxy) is 2. The minimum Gasteiger partial charge on any atom is -0.469 e. The predicted octanol–water partition coefficient (Wildman–Crippen LogP) is 4.94. The summed E-state index contributed by atoms with van der Waals surface area (Å²) in [6, 6.07) is 10.9. The summed E-state index contributed by atoms with van der Waals surface area (Å²) in [5, 5.41) is 3.18. The van der Waals surface area contributed by atoms with Crippen molar-refractivity contribution in [2.24, 2.45) is 5.73 Å². The van der Waals surface area contributed by atoms with Gasteiger partial charge in [0.1, 0.15) is 0 Å². The Kier molecular flexibility index (Phi) is 12.5. The third-order valence-electron chi connectivity index (χ3n) is 4.54. The van der Waals surface area contributed by atoms with Crippen LogP contribution in [-0.4, -0.2) is 45.3 Å². The van der Waals surface area contributed by atoms with Gasteiger partial charge in [0.2, 0.25) is 0 Å². The summed E-state index contributed by atoms with van der Waals surface area (Å²) in [5.74, 6) is -0.576. The molecular formula is C23H29Br2N3O5. The third-order valence-corrected chi connectivity index (χ3v) is 5.53. The molecule has 3 N–H and O–H groups in total. The number of halogens is 2. The number of carbonyl (C=O) groups excluding carboxylic acids is 3. The van der Waals surface area contributed by atoms with Gasteiger partial charge in [-0.2, -0.15) is 0 Å². The van der Waals surface area contributed by atoms with Gasteiger partial charge in [-0.05, 0) is 61.4 Å². The van der Waals surface area contributed by atoms with Gasteiger partial charge in [-0.1, -0.05) is 31.9 Å². The Labute approximate surface area is 211 Å². The van der Waals surface area contributed by atoms with Crippen LogP contribution in [0.1, 0.15) is 24.0 Å². The van der Waals surface area contributed by atoms with E-state index in [0.717, 1.165) is 25.8 Å². The average molecular weight is 587 g/mol. The number of nitrogens with one attached hydrogen (secondary N) is 1. The Bertz CT molecular complexity index is 969. The number of primary amides is 1. The molecule has 0 saturated carbocycles. The average Bonchev–Trinajstić information content (AvgIpc) is 2.76. The fraction of sp³-hybridized carbons (Fsp3) is 0.348. The second kappa shape index (κ2) is 14.5. The Morgan fingerprint density at radius 1 is 0.909 bits per heavy atom. The topological polar surface area (TPSA) is 111 Å². The van der Waals surface area contributed by atoms with E-state index >= 15 is 0 Å². The number of esters is 2. The van der Waals surface area contributed by atoms with Crippen LogP contribution >= 0.6 is 31.9 Å². The first-order chi connectivity index (χ1) is 15.6.